The number of carbonyl (C=O) groups is 1. The van der Waals surface area contributed by atoms with Crippen molar-refractivity contribution in [1.82, 2.24) is 10.3 Å². The van der Waals surface area contributed by atoms with Crippen LogP contribution in [0.4, 0.5) is 5.82 Å². The van der Waals surface area contributed by atoms with Crippen LogP contribution in [0.2, 0.25) is 5.02 Å². The molecule has 4 nitrogen and oxygen atoms in total. The summed E-state index contributed by atoms with van der Waals surface area (Å²) in [5.74, 6) is 1.16. The molecule has 0 saturated heterocycles. The molecule has 1 aromatic heterocycles. The fourth-order valence-electron chi connectivity index (χ4n) is 2.30. The fourth-order valence-corrected chi connectivity index (χ4v) is 2.49. The Labute approximate surface area is 125 Å². The molecule has 1 aliphatic rings. The van der Waals surface area contributed by atoms with Gasteiger partial charge in [-0.1, -0.05) is 31.9 Å². The van der Waals surface area contributed by atoms with Crippen molar-refractivity contribution < 1.29 is 4.79 Å². The summed E-state index contributed by atoms with van der Waals surface area (Å²) in [6.07, 6.45) is 4.41. The van der Waals surface area contributed by atoms with Crippen LogP contribution in [-0.2, 0) is 0 Å². The Morgan fingerprint density at radius 1 is 1.40 bits per heavy atom. The van der Waals surface area contributed by atoms with Crippen LogP contribution in [0.15, 0.2) is 12.1 Å². The second-order valence-electron chi connectivity index (χ2n) is 5.32. The first kappa shape index (κ1) is 15.1. The largest absolute Gasteiger partial charge is 0.370 e. The lowest BCUT2D eigenvalue weighted by atomic mass is 10.2. The second kappa shape index (κ2) is 6.93. The lowest BCUT2D eigenvalue weighted by Crippen LogP contribution is -2.28. The topological polar surface area (TPSA) is 54.0 Å². The van der Waals surface area contributed by atoms with Crippen LogP contribution in [0.1, 0.15) is 50.0 Å². The third-order valence-corrected chi connectivity index (χ3v) is 3.82. The van der Waals surface area contributed by atoms with Crippen LogP contribution in [0, 0.1) is 5.92 Å². The number of nitrogens with zero attached hydrogens (tertiary/aromatic N) is 1. The number of hydrogen-bond donors (Lipinski definition) is 2. The van der Waals surface area contributed by atoms with E-state index in [0.717, 1.165) is 25.8 Å². The molecular weight excluding hydrogens is 274 g/mol. The standard InChI is InChI=1S/C15H22ClN3O/c1-3-5-10-9-12(10)18-15(20)14-11(16)6-7-13(19-14)17-8-4-2/h6-7,10,12H,3-5,8-9H2,1-2H3,(H,17,19)(H,18,20). The third-order valence-electron chi connectivity index (χ3n) is 3.52. The predicted octanol–water partition coefficient (Wildman–Crippen LogP) is 3.48. The van der Waals surface area contributed by atoms with Gasteiger partial charge < -0.3 is 10.6 Å². The smallest absolute Gasteiger partial charge is 0.271 e. The van der Waals surface area contributed by atoms with Crippen molar-refractivity contribution >= 4 is 23.3 Å². The average molecular weight is 296 g/mol. The van der Waals surface area contributed by atoms with E-state index in [4.69, 9.17) is 11.6 Å². The maximum atomic E-state index is 12.2. The highest BCUT2D eigenvalue weighted by Gasteiger charge is 2.37. The minimum absolute atomic E-state index is 0.168. The van der Waals surface area contributed by atoms with Crippen molar-refractivity contribution in [3.8, 4) is 0 Å². The highest BCUT2D eigenvalue weighted by Crippen LogP contribution is 2.34. The van der Waals surface area contributed by atoms with E-state index in [1.54, 1.807) is 12.1 Å². The minimum atomic E-state index is -0.168. The summed E-state index contributed by atoms with van der Waals surface area (Å²) in [4.78, 5) is 16.5. The van der Waals surface area contributed by atoms with Crippen molar-refractivity contribution in [3.63, 3.8) is 0 Å². The van der Waals surface area contributed by atoms with Gasteiger partial charge in [-0.25, -0.2) is 4.98 Å². The number of rotatable bonds is 7. The molecule has 0 radical (unpaired) electrons. The van der Waals surface area contributed by atoms with E-state index in [1.807, 2.05) is 0 Å². The lowest BCUT2D eigenvalue weighted by Gasteiger charge is -2.09. The summed E-state index contributed by atoms with van der Waals surface area (Å²) in [6, 6.07) is 3.82. The van der Waals surface area contributed by atoms with Gasteiger partial charge in [0.15, 0.2) is 0 Å². The Balaban J connectivity index is 1.98. The van der Waals surface area contributed by atoms with Gasteiger partial charge in [-0.15, -0.1) is 0 Å². The van der Waals surface area contributed by atoms with Crippen molar-refractivity contribution in [2.24, 2.45) is 5.92 Å². The molecule has 2 N–H and O–H groups in total. The van der Waals surface area contributed by atoms with Crippen LogP contribution in [0.25, 0.3) is 0 Å². The van der Waals surface area contributed by atoms with Crippen molar-refractivity contribution in [3.05, 3.63) is 22.8 Å². The monoisotopic (exact) mass is 295 g/mol. The predicted molar refractivity (Wildman–Crippen MR) is 82.3 cm³/mol. The molecule has 1 saturated carbocycles. The quantitative estimate of drug-likeness (QED) is 0.810. The molecule has 0 aromatic carbocycles. The highest BCUT2D eigenvalue weighted by molar-refractivity contribution is 6.33. The fraction of sp³-hybridized carbons (Fsp3) is 0.600. The first-order valence-corrected chi connectivity index (χ1v) is 7.74. The van der Waals surface area contributed by atoms with Gasteiger partial charge in [0.1, 0.15) is 11.5 Å². The maximum Gasteiger partial charge on any atom is 0.271 e. The van der Waals surface area contributed by atoms with Crippen LogP contribution in [-0.4, -0.2) is 23.5 Å². The van der Waals surface area contributed by atoms with E-state index >= 15 is 0 Å². The van der Waals surface area contributed by atoms with Gasteiger partial charge in [0.2, 0.25) is 0 Å². The number of pyridine rings is 1. The number of hydrogen-bond acceptors (Lipinski definition) is 3. The summed E-state index contributed by atoms with van der Waals surface area (Å²) < 4.78 is 0. The second-order valence-corrected chi connectivity index (χ2v) is 5.73. The SMILES string of the molecule is CCCNc1ccc(Cl)c(C(=O)NC2CC2CCC)n1. The molecule has 20 heavy (non-hydrogen) atoms. The summed E-state index contributed by atoms with van der Waals surface area (Å²) in [7, 11) is 0. The molecule has 2 unspecified atom stereocenters. The van der Waals surface area contributed by atoms with Gasteiger partial charge in [-0.3, -0.25) is 4.79 Å². The lowest BCUT2D eigenvalue weighted by molar-refractivity contribution is 0.0944. The first-order chi connectivity index (χ1) is 9.65. The van der Waals surface area contributed by atoms with Gasteiger partial charge in [-0.2, -0.15) is 0 Å². The molecule has 5 heteroatoms. The molecular formula is C15H22ClN3O. The average Bonchev–Trinajstić information content (AvgIpc) is 3.16. The van der Waals surface area contributed by atoms with Crippen LogP contribution >= 0.6 is 11.6 Å². The van der Waals surface area contributed by atoms with Crippen molar-refractivity contribution in [2.45, 2.75) is 45.6 Å². The van der Waals surface area contributed by atoms with E-state index in [0.29, 0.717) is 28.5 Å². The van der Waals surface area contributed by atoms with E-state index < -0.39 is 0 Å². The zero-order valence-corrected chi connectivity index (χ0v) is 12.8. The number of carbonyl (C=O) groups excluding carboxylic acids is 1. The maximum absolute atomic E-state index is 12.2. The number of anilines is 1. The number of halogens is 1. The third kappa shape index (κ3) is 3.85. The number of amides is 1. The summed E-state index contributed by atoms with van der Waals surface area (Å²) in [6.45, 7) is 5.08. The van der Waals surface area contributed by atoms with E-state index in [-0.39, 0.29) is 5.91 Å². The Bertz CT molecular complexity index is 478. The summed E-state index contributed by atoms with van der Waals surface area (Å²) in [5.41, 5.74) is 0.315. The van der Waals surface area contributed by atoms with Gasteiger partial charge in [0.05, 0.1) is 5.02 Å². The zero-order valence-electron chi connectivity index (χ0n) is 12.1. The van der Waals surface area contributed by atoms with Crippen molar-refractivity contribution in [1.29, 1.82) is 0 Å². The Morgan fingerprint density at radius 3 is 2.90 bits per heavy atom. The molecule has 1 fully saturated rings. The number of aromatic nitrogens is 1. The van der Waals surface area contributed by atoms with Gasteiger partial charge in [0, 0.05) is 12.6 Å². The molecule has 1 aliphatic carbocycles. The molecule has 0 aliphatic heterocycles. The molecule has 110 valence electrons. The number of nitrogens with one attached hydrogen (secondary N) is 2. The molecule has 1 heterocycles. The van der Waals surface area contributed by atoms with Gasteiger partial charge in [0.25, 0.3) is 5.91 Å². The molecule has 1 aromatic rings. The van der Waals surface area contributed by atoms with Crippen molar-refractivity contribution in [2.75, 3.05) is 11.9 Å². The zero-order chi connectivity index (χ0) is 14.5. The molecule has 0 spiro atoms. The summed E-state index contributed by atoms with van der Waals surface area (Å²) >= 11 is 6.08. The van der Waals surface area contributed by atoms with Crippen LogP contribution in [0.3, 0.4) is 0 Å². The van der Waals surface area contributed by atoms with E-state index in [1.165, 1.54) is 6.42 Å². The van der Waals surface area contributed by atoms with Crippen LogP contribution < -0.4 is 10.6 Å². The Morgan fingerprint density at radius 2 is 2.20 bits per heavy atom. The highest BCUT2D eigenvalue weighted by atomic mass is 35.5. The molecule has 2 atom stereocenters. The Kier molecular flexibility index (Phi) is 5.24. The van der Waals surface area contributed by atoms with Crippen LogP contribution in [0.5, 0.6) is 0 Å². The first-order valence-electron chi connectivity index (χ1n) is 7.37. The summed E-state index contributed by atoms with van der Waals surface area (Å²) in [5, 5.41) is 6.58. The van der Waals surface area contributed by atoms with E-state index in [2.05, 4.69) is 29.5 Å². The van der Waals surface area contributed by atoms with E-state index in [9.17, 15) is 4.79 Å². The Hall–Kier alpha value is -1.29. The van der Waals surface area contributed by atoms with Gasteiger partial charge in [-0.05, 0) is 37.3 Å². The molecule has 1 amide bonds. The van der Waals surface area contributed by atoms with Gasteiger partial charge >= 0.3 is 0 Å². The molecule has 2 rings (SSSR count). The normalized spacial score (nSPS) is 20.6. The molecule has 0 bridgehead atoms. The minimum Gasteiger partial charge on any atom is -0.370 e.